The zero-order valence-electron chi connectivity index (χ0n) is 51.8. The molecule has 0 fully saturated rings. The minimum Gasteiger partial charge on any atom is -0.490 e. The van der Waals surface area contributed by atoms with Crippen LogP contribution in [0, 0.1) is 0 Å². The van der Waals surface area contributed by atoms with Crippen molar-refractivity contribution in [3.8, 4) is 17.2 Å². The molecule has 7 nitrogen and oxygen atoms in total. The Kier molecular flexibility index (Phi) is 34.0. The van der Waals surface area contributed by atoms with Crippen LogP contribution >= 0.6 is 0 Å². The Bertz CT molecular complexity index is 2350. The van der Waals surface area contributed by atoms with Gasteiger partial charge in [0.2, 0.25) is 5.75 Å². The maximum atomic E-state index is 7.13. The van der Waals surface area contributed by atoms with Gasteiger partial charge in [-0.15, -0.1) is 0 Å². The summed E-state index contributed by atoms with van der Waals surface area (Å²) in [6.45, 7) is 8.78. The lowest BCUT2D eigenvalue weighted by molar-refractivity contribution is 0.234. The highest BCUT2D eigenvalue weighted by molar-refractivity contribution is 6.33. The summed E-state index contributed by atoms with van der Waals surface area (Å²) in [6.07, 6.45) is 78.4. The number of ether oxygens (including phenoxy) is 3. The Hall–Kier alpha value is -4.78. The lowest BCUT2D eigenvalue weighted by atomic mass is 9.97. The second-order valence-corrected chi connectivity index (χ2v) is 24.0. The molecule has 5 aliphatic rings. The van der Waals surface area contributed by atoms with Gasteiger partial charge in [0, 0.05) is 11.1 Å². The van der Waals surface area contributed by atoms with Gasteiger partial charge >= 0.3 is 0 Å². The molecule has 0 atom stereocenters. The second kappa shape index (κ2) is 42.1. The number of benzene rings is 1. The number of rotatable bonds is 49. The lowest BCUT2D eigenvalue weighted by Crippen LogP contribution is -2.10. The van der Waals surface area contributed by atoms with E-state index in [4.69, 9.17) is 34.2 Å². The van der Waals surface area contributed by atoms with E-state index < -0.39 is 0 Å². The summed E-state index contributed by atoms with van der Waals surface area (Å²) in [6, 6.07) is 4.30. The fourth-order valence-corrected chi connectivity index (χ4v) is 11.7. The third-order valence-electron chi connectivity index (χ3n) is 16.7. The van der Waals surface area contributed by atoms with Crippen molar-refractivity contribution >= 4 is 28.4 Å². The quantitative estimate of drug-likeness (QED) is 0.0610. The number of unbranched alkanes of at least 4 members (excludes halogenated alkanes) is 39. The van der Waals surface area contributed by atoms with Crippen LogP contribution in [0.15, 0.2) is 122 Å². The minimum atomic E-state index is 0.601. The first kappa shape index (κ1) is 65.4. The Morgan fingerprint density at radius 2 is 0.605 bits per heavy atom. The molecule has 6 rings (SSSR count). The van der Waals surface area contributed by atoms with Crippen LogP contribution in [0.25, 0.3) is 5.57 Å². The molecule has 1 aromatic rings. The van der Waals surface area contributed by atoms with Gasteiger partial charge in [-0.2, -0.15) is 0 Å². The summed E-state index contributed by atoms with van der Waals surface area (Å²) < 4.78 is 20.9. The highest BCUT2D eigenvalue weighted by Gasteiger charge is 2.27. The number of hydrogen-bond acceptors (Lipinski definition) is 7. The summed E-state index contributed by atoms with van der Waals surface area (Å²) >= 11 is 0. The molecule has 8 bridgehead atoms. The third kappa shape index (κ3) is 26.6. The normalized spacial score (nSPS) is 15.1. The predicted octanol–water partition coefficient (Wildman–Crippen LogP) is 22.7. The first-order valence-corrected chi connectivity index (χ1v) is 34.2. The molecule has 0 amide bonds. The van der Waals surface area contributed by atoms with E-state index in [-0.39, 0.29) is 0 Å². The van der Waals surface area contributed by atoms with E-state index in [1.165, 1.54) is 238 Å². The van der Waals surface area contributed by atoms with Gasteiger partial charge in [0.15, 0.2) is 11.5 Å². The number of nitrogens with zero attached hydrogens (tertiary/aromatic N) is 4. The van der Waals surface area contributed by atoms with Crippen LogP contribution in [-0.4, -0.2) is 42.7 Å². The molecular formula is C74H112N4O3. The van der Waals surface area contributed by atoms with Crippen LogP contribution in [0.2, 0.25) is 0 Å². The fraction of sp³-hybridized carbons (Fsp3) is 0.649. The molecule has 1 aromatic carbocycles. The molecule has 0 aliphatic carbocycles. The molecular weight excluding hydrogens is 993 g/mol. The van der Waals surface area contributed by atoms with Crippen molar-refractivity contribution in [1.82, 2.24) is 0 Å². The van der Waals surface area contributed by atoms with Gasteiger partial charge in [-0.3, -0.25) is 0 Å². The molecule has 81 heavy (non-hydrogen) atoms. The van der Waals surface area contributed by atoms with E-state index in [0.717, 1.165) is 100 Å². The molecule has 5 heterocycles. The van der Waals surface area contributed by atoms with E-state index in [0.29, 0.717) is 25.6 Å². The average Bonchev–Trinajstić information content (AvgIpc) is 4.42. The van der Waals surface area contributed by atoms with Gasteiger partial charge in [0.25, 0.3) is 0 Å². The Labute approximate surface area is 495 Å². The Balaban J connectivity index is 1.15. The molecule has 0 spiro atoms. The van der Waals surface area contributed by atoms with Crippen LogP contribution < -0.4 is 14.2 Å². The molecule has 5 aliphatic heterocycles. The number of hydrogen-bond donors (Lipinski definition) is 0. The SMILES string of the molecule is CCCCCCCCCCCCCCCCOc1ccc(C2=C3C=CC(=N3)C=C3C=CC(=N3)C=C3C=CC(=N3)C=C3C=CC2=N3)c(OCCCCCCCCCCCCCCCC)c1OCCCCCCCCCCCCCCCC. The Morgan fingerprint density at radius 1 is 0.284 bits per heavy atom. The van der Waals surface area contributed by atoms with Gasteiger partial charge in [0.05, 0.1) is 65.5 Å². The summed E-state index contributed by atoms with van der Waals surface area (Å²) in [4.78, 5) is 20.4. The number of fused-ring (bicyclic) bond motifs is 4. The number of aliphatic imine (C=N–C) groups is 4. The van der Waals surface area contributed by atoms with Gasteiger partial charge in [-0.05, 0) is 98.2 Å². The van der Waals surface area contributed by atoms with E-state index in [1.54, 1.807) is 0 Å². The van der Waals surface area contributed by atoms with Crippen molar-refractivity contribution in [2.24, 2.45) is 20.0 Å². The molecule has 7 heteroatoms. The van der Waals surface area contributed by atoms with Crippen molar-refractivity contribution in [1.29, 1.82) is 0 Å². The highest BCUT2D eigenvalue weighted by atomic mass is 16.5. The van der Waals surface area contributed by atoms with E-state index in [9.17, 15) is 0 Å². The number of allylic oxidation sites excluding steroid dienone is 12. The third-order valence-corrected chi connectivity index (χ3v) is 16.7. The smallest absolute Gasteiger partial charge is 0.204 e. The Morgan fingerprint density at radius 3 is 1.01 bits per heavy atom. The van der Waals surface area contributed by atoms with Crippen molar-refractivity contribution in [2.45, 2.75) is 290 Å². The maximum absolute atomic E-state index is 7.13. The fourth-order valence-electron chi connectivity index (χ4n) is 11.7. The summed E-state index contributed by atoms with van der Waals surface area (Å²) in [5, 5.41) is 0. The molecule has 0 radical (unpaired) electrons. The second-order valence-electron chi connectivity index (χ2n) is 24.0. The zero-order chi connectivity index (χ0) is 56.5. The molecule has 0 N–H and O–H groups in total. The van der Waals surface area contributed by atoms with Crippen molar-refractivity contribution in [3.05, 3.63) is 107 Å². The summed E-state index contributed by atoms with van der Waals surface area (Å²) in [5.41, 5.74) is 8.68. The molecule has 0 saturated carbocycles. The van der Waals surface area contributed by atoms with Gasteiger partial charge in [-0.1, -0.05) is 271 Å². The topological polar surface area (TPSA) is 77.1 Å². The van der Waals surface area contributed by atoms with E-state index >= 15 is 0 Å². The predicted molar refractivity (Wildman–Crippen MR) is 351 cm³/mol. The summed E-state index contributed by atoms with van der Waals surface area (Å²) in [7, 11) is 0. The van der Waals surface area contributed by atoms with Crippen molar-refractivity contribution in [3.63, 3.8) is 0 Å². The van der Waals surface area contributed by atoms with Crippen LogP contribution in [0.5, 0.6) is 17.2 Å². The monoisotopic (exact) mass is 1100 g/mol. The minimum absolute atomic E-state index is 0.601. The highest BCUT2D eigenvalue weighted by Crippen LogP contribution is 2.46. The first-order chi connectivity index (χ1) is 40.1. The standard InChI is InChI=1S/C74H112N4O3/c1-4-7-10-13-16-19-22-25-28-31-34-37-40-43-56-79-71-55-52-68(72-69-53-50-66(77-69)60-64-48-46-62(75-64)59-63-47-49-65(76-63)61-67-51-54-70(72)78-67)73(80-57-44-41-38-35-32-29-26-23-20-17-14-11-8-5-2)74(71)81-58-45-42-39-36-33-30-27-24-21-18-15-12-9-6-3/h46-55,59-61H,4-45,56-58H2,1-3H3. The van der Waals surface area contributed by atoms with Crippen LogP contribution in [0.1, 0.15) is 296 Å². The van der Waals surface area contributed by atoms with Crippen LogP contribution in [0.3, 0.4) is 0 Å². The lowest BCUT2D eigenvalue weighted by Gasteiger charge is -2.22. The molecule has 446 valence electrons. The van der Waals surface area contributed by atoms with E-state index in [1.807, 2.05) is 30.4 Å². The first-order valence-electron chi connectivity index (χ1n) is 34.2. The maximum Gasteiger partial charge on any atom is 0.204 e. The summed E-state index contributed by atoms with van der Waals surface area (Å²) in [5.74, 6) is 2.22. The van der Waals surface area contributed by atoms with E-state index in [2.05, 4.69) is 69.4 Å². The zero-order valence-corrected chi connectivity index (χ0v) is 51.8. The van der Waals surface area contributed by atoms with Gasteiger partial charge < -0.3 is 14.2 Å². The van der Waals surface area contributed by atoms with Crippen LogP contribution in [0.4, 0.5) is 0 Å². The van der Waals surface area contributed by atoms with Gasteiger partial charge in [-0.25, -0.2) is 20.0 Å². The van der Waals surface area contributed by atoms with Crippen molar-refractivity contribution in [2.75, 3.05) is 19.8 Å². The largest absolute Gasteiger partial charge is 0.490 e. The molecule has 0 aromatic heterocycles. The molecule has 0 saturated heterocycles. The average molecular weight is 1110 g/mol. The van der Waals surface area contributed by atoms with Crippen LogP contribution in [-0.2, 0) is 0 Å². The van der Waals surface area contributed by atoms with Crippen molar-refractivity contribution < 1.29 is 14.2 Å². The molecule has 0 unspecified atom stereocenters. The van der Waals surface area contributed by atoms with Gasteiger partial charge in [0.1, 0.15) is 0 Å².